The first-order chi connectivity index (χ1) is 6.24. The van der Waals surface area contributed by atoms with Crippen molar-refractivity contribution in [3.05, 3.63) is 0 Å². The van der Waals surface area contributed by atoms with Gasteiger partial charge in [0.25, 0.3) is 0 Å². The number of hydrogen-bond donors (Lipinski definition) is 1. The van der Waals surface area contributed by atoms with E-state index >= 15 is 0 Å². The molecule has 0 aromatic rings. The predicted molar refractivity (Wildman–Crippen MR) is 56.5 cm³/mol. The summed E-state index contributed by atoms with van der Waals surface area (Å²) in [5, 5.41) is 3.04. The quantitative estimate of drug-likeness (QED) is 0.636. The molecule has 0 aromatic heterocycles. The lowest BCUT2D eigenvalue weighted by Crippen LogP contribution is -2.28. The summed E-state index contributed by atoms with van der Waals surface area (Å²) in [5.41, 5.74) is 0. The third kappa shape index (κ3) is 3.38. The van der Waals surface area contributed by atoms with Gasteiger partial charge in [-0.2, -0.15) is 0 Å². The molecule has 1 saturated heterocycles. The molecule has 1 heterocycles. The first-order valence-electron chi connectivity index (χ1n) is 5.11. The van der Waals surface area contributed by atoms with Crippen LogP contribution >= 0.6 is 0 Å². The predicted octanol–water partition coefficient (Wildman–Crippen LogP) is 0.940. The molecule has 0 bridgehead atoms. The van der Waals surface area contributed by atoms with Crippen molar-refractivity contribution in [3.63, 3.8) is 0 Å². The summed E-state index contributed by atoms with van der Waals surface area (Å²) in [7, 11) is 1.93. The third-order valence-electron chi connectivity index (χ3n) is 2.52. The molecular weight excluding hydrogens is 160 g/mol. The SMILES string of the molecule is CNCC#CC1CCN(C(C)C)C1. The molecule has 1 rings (SSSR count). The van der Waals surface area contributed by atoms with Crippen molar-refractivity contribution in [2.75, 3.05) is 26.7 Å². The molecule has 2 nitrogen and oxygen atoms in total. The van der Waals surface area contributed by atoms with Gasteiger partial charge in [0.05, 0.1) is 6.54 Å². The average Bonchev–Trinajstić information content (AvgIpc) is 2.53. The van der Waals surface area contributed by atoms with Crippen LogP contribution in [0.25, 0.3) is 0 Å². The minimum atomic E-state index is 0.607. The average molecular weight is 180 g/mol. The summed E-state index contributed by atoms with van der Waals surface area (Å²) in [6.07, 6.45) is 1.24. The fourth-order valence-corrected chi connectivity index (χ4v) is 1.66. The highest BCUT2D eigenvalue weighted by molar-refractivity contribution is 5.07. The molecular formula is C11H20N2. The van der Waals surface area contributed by atoms with Crippen LogP contribution in [0.1, 0.15) is 20.3 Å². The van der Waals surface area contributed by atoms with Gasteiger partial charge in [-0.05, 0) is 33.9 Å². The Morgan fingerprint density at radius 2 is 2.31 bits per heavy atom. The second-order valence-corrected chi connectivity index (χ2v) is 3.93. The largest absolute Gasteiger partial charge is 0.309 e. The van der Waals surface area contributed by atoms with Gasteiger partial charge in [-0.1, -0.05) is 11.8 Å². The van der Waals surface area contributed by atoms with Crippen molar-refractivity contribution in [3.8, 4) is 11.8 Å². The van der Waals surface area contributed by atoms with Gasteiger partial charge in [0.1, 0.15) is 0 Å². The van der Waals surface area contributed by atoms with Gasteiger partial charge in [0, 0.05) is 18.5 Å². The molecule has 0 spiro atoms. The fraction of sp³-hybridized carbons (Fsp3) is 0.818. The van der Waals surface area contributed by atoms with E-state index in [4.69, 9.17) is 0 Å². The number of likely N-dealkylation sites (tertiary alicyclic amines) is 1. The molecule has 0 saturated carbocycles. The van der Waals surface area contributed by atoms with Crippen molar-refractivity contribution in [2.45, 2.75) is 26.3 Å². The minimum absolute atomic E-state index is 0.607. The highest BCUT2D eigenvalue weighted by Gasteiger charge is 2.22. The van der Waals surface area contributed by atoms with E-state index in [0.29, 0.717) is 12.0 Å². The van der Waals surface area contributed by atoms with Crippen molar-refractivity contribution >= 4 is 0 Å². The van der Waals surface area contributed by atoms with Crippen molar-refractivity contribution < 1.29 is 0 Å². The van der Waals surface area contributed by atoms with E-state index in [1.54, 1.807) is 0 Å². The Bertz CT molecular complexity index is 200. The van der Waals surface area contributed by atoms with E-state index in [-0.39, 0.29) is 0 Å². The van der Waals surface area contributed by atoms with Crippen LogP contribution in [0.3, 0.4) is 0 Å². The van der Waals surface area contributed by atoms with Crippen molar-refractivity contribution in [1.82, 2.24) is 10.2 Å². The summed E-state index contributed by atoms with van der Waals surface area (Å²) in [6, 6.07) is 0.677. The summed E-state index contributed by atoms with van der Waals surface area (Å²) in [5.74, 6) is 7.07. The molecule has 2 heteroatoms. The van der Waals surface area contributed by atoms with E-state index in [9.17, 15) is 0 Å². The molecule has 1 N–H and O–H groups in total. The second kappa shape index (κ2) is 5.26. The molecule has 74 valence electrons. The monoisotopic (exact) mass is 180 g/mol. The minimum Gasteiger partial charge on any atom is -0.309 e. The molecule has 1 unspecified atom stereocenters. The van der Waals surface area contributed by atoms with E-state index in [1.807, 2.05) is 7.05 Å². The lowest BCUT2D eigenvalue weighted by Gasteiger charge is -2.19. The van der Waals surface area contributed by atoms with E-state index in [0.717, 1.165) is 13.1 Å². The molecule has 1 aliphatic heterocycles. The Labute approximate surface area is 81.7 Å². The molecule has 1 aliphatic rings. The van der Waals surface area contributed by atoms with Gasteiger partial charge in [-0.25, -0.2) is 0 Å². The summed E-state index contributed by atoms with van der Waals surface area (Å²) in [4.78, 5) is 2.50. The van der Waals surface area contributed by atoms with Crippen molar-refractivity contribution in [2.24, 2.45) is 5.92 Å². The fourth-order valence-electron chi connectivity index (χ4n) is 1.66. The van der Waals surface area contributed by atoms with Crippen LogP contribution in [0.15, 0.2) is 0 Å². The third-order valence-corrected chi connectivity index (χ3v) is 2.52. The summed E-state index contributed by atoms with van der Waals surface area (Å²) < 4.78 is 0. The lowest BCUT2D eigenvalue weighted by atomic mass is 10.1. The normalized spacial score (nSPS) is 23.2. The maximum absolute atomic E-state index is 3.31. The summed E-state index contributed by atoms with van der Waals surface area (Å²) >= 11 is 0. The Morgan fingerprint density at radius 1 is 1.54 bits per heavy atom. The first-order valence-corrected chi connectivity index (χ1v) is 5.11. The van der Waals surface area contributed by atoms with Gasteiger partial charge >= 0.3 is 0 Å². The summed E-state index contributed by atoms with van der Waals surface area (Å²) in [6.45, 7) is 7.70. The molecule has 0 amide bonds. The highest BCUT2D eigenvalue weighted by Crippen LogP contribution is 2.17. The molecule has 13 heavy (non-hydrogen) atoms. The molecule has 0 radical (unpaired) electrons. The van der Waals surface area contributed by atoms with Crippen LogP contribution < -0.4 is 5.32 Å². The molecule has 0 aromatic carbocycles. The van der Waals surface area contributed by atoms with E-state index in [1.165, 1.54) is 13.0 Å². The van der Waals surface area contributed by atoms with Crippen LogP contribution in [0, 0.1) is 17.8 Å². The van der Waals surface area contributed by atoms with E-state index < -0.39 is 0 Å². The van der Waals surface area contributed by atoms with Crippen LogP contribution in [-0.4, -0.2) is 37.6 Å². The Morgan fingerprint density at radius 3 is 2.85 bits per heavy atom. The van der Waals surface area contributed by atoms with E-state index in [2.05, 4.69) is 35.9 Å². The Kier molecular flexibility index (Phi) is 4.27. The second-order valence-electron chi connectivity index (χ2n) is 3.93. The number of nitrogens with zero attached hydrogens (tertiary/aromatic N) is 1. The smallest absolute Gasteiger partial charge is 0.0574 e. The highest BCUT2D eigenvalue weighted by atomic mass is 15.2. The zero-order chi connectivity index (χ0) is 9.68. The van der Waals surface area contributed by atoms with Crippen LogP contribution in [-0.2, 0) is 0 Å². The number of hydrogen-bond acceptors (Lipinski definition) is 2. The topological polar surface area (TPSA) is 15.3 Å². The Balaban J connectivity index is 2.30. The van der Waals surface area contributed by atoms with Gasteiger partial charge in [0.15, 0.2) is 0 Å². The maximum atomic E-state index is 3.31. The molecule has 1 fully saturated rings. The number of nitrogens with one attached hydrogen (secondary N) is 1. The Hall–Kier alpha value is -0.520. The zero-order valence-electron chi connectivity index (χ0n) is 8.93. The van der Waals surface area contributed by atoms with Gasteiger partial charge in [-0.15, -0.1) is 0 Å². The van der Waals surface area contributed by atoms with Crippen LogP contribution in [0.5, 0.6) is 0 Å². The van der Waals surface area contributed by atoms with Crippen molar-refractivity contribution in [1.29, 1.82) is 0 Å². The van der Waals surface area contributed by atoms with Gasteiger partial charge in [-0.3, -0.25) is 4.90 Å². The van der Waals surface area contributed by atoms with Crippen LogP contribution in [0.2, 0.25) is 0 Å². The standard InChI is InChI=1S/C11H20N2/c1-10(2)13-8-6-11(9-13)5-4-7-12-3/h10-12H,6-9H2,1-3H3. The maximum Gasteiger partial charge on any atom is 0.0574 e. The first kappa shape index (κ1) is 10.6. The lowest BCUT2D eigenvalue weighted by molar-refractivity contribution is 0.271. The molecule has 1 atom stereocenters. The number of rotatable bonds is 2. The van der Waals surface area contributed by atoms with Gasteiger partial charge in [0.2, 0.25) is 0 Å². The molecule has 0 aliphatic carbocycles. The zero-order valence-corrected chi connectivity index (χ0v) is 8.93. The van der Waals surface area contributed by atoms with Gasteiger partial charge < -0.3 is 5.32 Å². The van der Waals surface area contributed by atoms with Crippen LogP contribution in [0.4, 0.5) is 0 Å².